The predicted octanol–water partition coefficient (Wildman–Crippen LogP) is 4.67. The van der Waals surface area contributed by atoms with E-state index in [1.54, 1.807) is 40.1 Å². The van der Waals surface area contributed by atoms with E-state index in [0.717, 1.165) is 18.6 Å². The monoisotopic (exact) mass is 392 g/mol. The second-order valence-corrected chi connectivity index (χ2v) is 7.49. The van der Waals surface area contributed by atoms with E-state index in [9.17, 15) is 9.59 Å². The number of ether oxygens (including phenoxy) is 1. The Hall–Kier alpha value is -2.99. The van der Waals surface area contributed by atoms with Gasteiger partial charge in [-0.05, 0) is 49.2 Å². The molecule has 142 valence electrons. The number of amides is 1. The van der Waals surface area contributed by atoms with Crippen LogP contribution in [0.4, 0.5) is 0 Å². The second kappa shape index (κ2) is 8.35. The summed E-state index contributed by atoms with van der Waals surface area (Å²) in [5.41, 5.74) is 2.76. The van der Waals surface area contributed by atoms with Gasteiger partial charge in [-0.1, -0.05) is 18.2 Å². The van der Waals surface area contributed by atoms with Gasteiger partial charge in [0.25, 0.3) is 5.91 Å². The number of Topliss-reactive ketones (excluding diaryl/α,β-unsaturated/α-hetero) is 1. The van der Waals surface area contributed by atoms with Crippen molar-refractivity contribution >= 4 is 23.0 Å². The normalized spacial score (nSPS) is 16.6. The SMILES string of the molecule is O=C(c1ccc(Oc2ccccc2)cc1)C1CCCN(C(=O)c2cscn2)C1. The number of nitrogens with zero attached hydrogens (tertiary/aromatic N) is 2. The molecule has 0 N–H and O–H groups in total. The molecule has 1 fully saturated rings. The fraction of sp³-hybridized carbons (Fsp3) is 0.227. The number of aromatic nitrogens is 1. The molecule has 0 bridgehead atoms. The summed E-state index contributed by atoms with van der Waals surface area (Å²) in [5.74, 6) is 1.24. The quantitative estimate of drug-likeness (QED) is 0.592. The van der Waals surface area contributed by atoms with Gasteiger partial charge in [0.1, 0.15) is 17.2 Å². The number of para-hydroxylation sites is 1. The van der Waals surface area contributed by atoms with Gasteiger partial charge in [0, 0.05) is 30.0 Å². The fourth-order valence-corrected chi connectivity index (χ4v) is 3.93. The van der Waals surface area contributed by atoms with Gasteiger partial charge < -0.3 is 9.64 Å². The minimum Gasteiger partial charge on any atom is -0.457 e. The molecule has 1 aliphatic rings. The zero-order valence-electron chi connectivity index (χ0n) is 15.3. The van der Waals surface area contributed by atoms with Gasteiger partial charge in [0.05, 0.1) is 5.51 Å². The molecule has 0 saturated carbocycles. The molecule has 1 atom stereocenters. The number of hydrogen-bond acceptors (Lipinski definition) is 5. The van der Waals surface area contributed by atoms with Crippen LogP contribution in [-0.4, -0.2) is 34.7 Å². The van der Waals surface area contributed by atoms with Crippen molar-refractivity contribution < 1.29 is 14.3 Å². The van der Waals surface area contributed by atoms with Crippen LogP contribution in [0.5, 0.6) is 11.5 Å². The molecule has 2 heterocycles. The van der Waals surface area contributed by atoms with E-state index >= 15 is 0 Å². The number of ketones is 1. The van der Waals surface area contributed by atoms with E-state index in [4.69, 9.17) is 4.74 Å². The van der Waals surface area contributed by atoms with Gasteiger partial charge in [-0.3, -0.25) is 9.59 Å². The molecule has 5 nitrogen and oxygen atoms in total. The standard InChI is InChI=1S/C22H20N2O3S/c25-21(16-8-10-19(11-9-16)27-18-6-2-1-3-7-18)17-5-4-12-24(13-17)22(26)20-14-28-15-23-20/h1-3,6-11,14-15,17H,4-5,12-13H2. The first kappa shape index (κ1) is 18.4. The molecule has 4 rings (SSSR count). The Morgan fingerprint density at radius 2 is 1.79 bits per heavy atom. The molecule has 3 aromatic rings. The third kappa shape index (κ3) is 4.12. The van der Waals surface area contributed by atoms with Gasteiger partial charge in [-0.15, -0.1) is 11.3 Å². The van der Waals surface area contributed by atoms with Crippen LogP contribution in [-0.2, 0) is 0 Å². The zero-order valence-corrected chi connectivity index (χ0v) is 16.1. The second-order valence-electron chi connectivity index (χ2n) is 6.77. The van der Waals surface area contributed by atoms with Crippen molar-refractivity contribution in [1.82, 2.24) is 9.88 Å². The molecule has 6 heteroatoms. The van der Waals surface area contributed by atoms with Crippen LogP contribution < -0.4 is 4.74 Å². The molecule has 0 aliphatic carbocycles. The van der Waals surface area contributed by atoms with Crippen LogP contribution in [0.2, 0.25) is 0 Å². The first-order valence-electron chi connectivity index (χ1n) is 9.25. The van der Waals surface area contributed by atoms with E-state index in [-0.39, 0.29) is 17.6 Å². The number of benzene rings is 2. The molecule has 1 aromatic heterocycles. The summed E-state index contributed by atoms with van der Waals surface area (Å²) in [5, 5.41) is 1.75. The summed E-state index contributed by atoms with van der Waals surface area (Å²) in [4.78, 5) is 31.3. The molecule has 1 aliphatic heterocycles. The molecule has 1 unspecified atom stereocenters. The van der Waals surface area contributed by atoms with Crippen LogP contribution in [0.15, 0.2) is 65.5 Å². The molecule has 1 saturated heterocycles. The summed E-state index contributed by atoms with van der Waals surface area (Å²) in [7, 11) is 0. The predicted molar refractivity (Wildman–Crippen MR) is 108 cm³/mol. The lowest BCUT2D eigenvalue weighted by Crippen LogP contribution is -2.42. The summed E-state index contributed by atoms with van der Waals surface area (Å²) >= 11 is 1.40. The Labute approximate surface area is 167 Å². The van der Waals surface area contributed by atoms with E-state index in [2.05, 4.69) is 4.98 Å². The lowest BCUT2D eigenvalue weighted by molar-refractivity contribution is 0.0633. The molecule has 2 aromatic carbocycles. The van der Waals surface area contributed by atoms with E-state index < -0.39 is 0 Å². The van der Waals surface area contributed by atoms with E-state index in [1.807, 2.05) is 30.3 Å². The van der Waals surface area contributed by atoms with Crippen LogP contribution in [0.25, 0.3) is 0 Å². The van der Waals surface area contributed by atoms with Crippen molar-refractivity contribution in [3.05, 3.63) is 76.7 Å². The summed E-state index contributed by atoms with van der Waals surface area (Å²) in [6.07, 6.45) is 1.61. The fourth-order valence-electron chi connectivity index (χ4n) is 3.40. The highest BCUT2D eigenvalue weighted by molar-refractivity contribution is 7.07. The number of thiazole rings is 1. The van der Waals surface area contributed by atoms with Gasteiger partial charge in [0.15, 0.2) is 5.78 Å². The number of carbonyl (C=O) groups excluding carboxylic acids is 2. The van der Waals surface area contributed by atoms with E-state index in [0.29, 0.717) is 30.1 Å². The number of likely N-dealkylation sites (tertiary alicyclic amines) is 1. The maximum atomic E-state index is 12.9. The van der Waals surface area contributed by atoms with Crippen molar-refractivity contribution in [2.45, 2.75) is 12.8 Å². The molecule has 0 spiro atoms. The largest absolute Gasteiger partial charge is 0.457 e. The number of carbonyl (C=O) groups is 2. The first-order chi connectivity index (χ1) is 13.7. The van der Waals surface area contributed by atoms with Gasteiger partial charge in [-0.25, -0.2) is 4.98 Å². The lowest BCUT2D eigenvalue weighted by Gasteiger charge is -2.31. The highest BCUT2D eigenvalue weighted by Crippen LogP contribution is 2.25. The smallest absolute Gasteiger partial charge is 0.273 e. The third-order valence-electron chi connectivity index (χ3n) is 4.85. The van der Waals surface area contributed by atoms with Crippen molar-refractivity contribution in [3.8, 4) is 11.5 Å². The van der Waals surface area contributed by atoms with Gasteiger partial charge >= 0.3 is 0 Å². The van der Waals surface area contributed by atoms with Crippen LogP contribution >= 0.6 is 11.3 Å². The Kier molecular flexibility index (Phi) is 5.48. The average molecular weight is 392 g/mol. The highest BCUT2D eigenvalue weighted by atomic mass is 32.1. The van der Waals surface area contributed by atoms with Crippen LogP contribution in [0.1, 0.15) is 33.7 Å². The summed E-state index contributed by atoms with van der Waals surface area (Å²) in [6, 6.07) is 16.7. The first-order valence-corrected chi connectivity index (χ1v) is 10.2. The molecular weight excluding hydrogens is 372 g/mol. The lowest BCUT2D eigenvalue weighted by atomic mass is 9.90. The van der Waals surface area contributed by atoms with Crippen LogP contribution in [0.3, 0.4) is 0 Å². The summed E-state index contributed by atoms with van der Waals surface area (Å²) < 4.78 is 5.78. The maximum absolute atomic E-state index is 12.9. The Bertz CT molecular complexity index is 940. The number of rotatable bonds is 5. The van der Waals surface area contributed by atoms with Gasteiger partial charge in [0.2, 0.25) is 0 Å². The van der Waals surface area contributed by atoms with Gasteiger partial charge in [-0.2, -0.15) is 0 Å². The average Bonchev–Trinajstić information content (AvgIpc) is 3.29. The minimum atomic E-state index is -0.183. The maximum Gasteiger partial charge on any atom is 0.273 e. The molecular formula is C22H20N2O3S. The minimum absolute atomic E-state index is 0.0713. The summed E-state index contributed by atoms with van der Waals surface area (Å²) in [6.45, 7) is 1.11. The number of hydrogen-bond donors (Lipinski definition) is 0. The Balaban J connectivity index is 1.41. The number of piperidine rings is 1. The Morgan fingerprint density at radius 3 is 2.50 bits per heavy atom. The molecule has 0 radical (unpaired) electrons. The van der Waals surface area contributed by atoms with Crippen molar-refractivity contribution in [2.24, 2.45) is 5.92 Å². The topological polar surface area (TPSA) is 59.5 Å². The highest BCUT2D eigenvalue weighted by Gasteiger charge is 2.30. The van der Waals surface area contributed by atoms with Crippen molar-refractivity contribution in [3.63, 3.8) is 0 Å². The third-order valence-corrected chi connectivity index (χ3v) is 5.44. The molecule has 28 heavy (non-hydrogen) atoms. The van der Waals surface area contributed by atoms with Crippen molar-refractivity contribution in [1.29, 1.82) is 0 Å². The zero-order chi connectivity index (χ0) is 19.3. The van der Waals surface area contributed by atoms with Crippen molar-refractivity contribution in [2.75, 3.05) is 13.1 Å². The molecule has 1 amide bonds. The van der Waals surface area contributed by atoms with Crippen LogP contribution in [0, 0.1) is 5.92 Å². The van der Waals surface area contributed by atoms with E-state index in [1.165, 1.54) is 11.3 Å². The Morgan fingerprint density at radius 1 is 1.04 bits per heavy atom.